The number of fused-ring (bicyclic) bond motifs is 1. The maximum Gasteiger partial charge on any atom is 0.247 e. The average molecular weight is 415 g/mol. The molecule has 7 heteroatoms. The van der Waals surface area contributed by atoms with Crippen LogP contribution in [-0.2, 0) is 13.1 Å². The van der Waals surface area contributed by atoms with Crippen LogP contribution >= 0.6 is 0 Å². The third kappa shape index (κ3) is 3.50. The standard InChI is InChI=1S/C24H26N6O/c1-15(2)22-20(6-5-11-25-22)23-21-14-29(12-13-30(21)16(3)26-23)19-9-7-18(8-10-19)24-28-27-17(4)31-24/h5-11,15H,12-14H2,1-4H3. The van der Waals surface area contributed by atoms with Gasteiger partial charge in [0.05, 0.1) is 23.6 Å². The van der Waals surface area contributed by atoms with Crippen LogP contribution in [0.25, 0.3) is 22.7 Å². The summed E-state index contributed by atoms with van der Waals surface area (Å²) in [6.45, 7) is 10.9. The lowest BCUT2D eigenvalue weighted by Crippen LogP contribution is -2.34. The summed E-state index contributed by atoms with van der Waals surface area (Å²) in [5.74, 6) is 2.53. The fraction of sp³-hybridized carbons (Fsp3) is 0.333. The summed E-state index contributed by atoms with van der Waals surface area (Å²) in [5, 5.41) is 8.03. The van der Waals surface area contributed by atoms with Crippen LogP contribution < -0.4 is 4.90 Å². The van der Waals surface area contributed by atoms with E-state index in [1.54, 1.807) is 6.92 Å². The quantitative estimate of drug-likeness (QED) is 0.480. The Labute approximate surface area is 181 Å². The normalized spacial score (nSPS) is 13.6. The van der Waals surface area contributed by atoms with Crippen LogP contribution in [0.4, 0.5) is 5.69 Å². The first-order chi connectivity index (χ1) is 15.0. The van der Waals surface area contributed by atoms with Crippen molar-refractivity contribution in [1.29, 1.82) is 0 Å². The topological polar surface area (TPSA) is 72.9 Å². The first kappa shape index (κ1) is 19.5. The highest BCUT2D eigenvalue weighted by atomic mass is 16.4. The van der Waals surface area contributed by atoms with Gasteiger partial charge in [-0.25, -0.2) is 4.98 Å². The molecule has 0 atom stereocenters. The molecule has 3 aromatic heterocycles. The maximum absolute atomic E-state index is 5.55. The van der Waals surface area contributed by atoms with Crippen LogP contribution in [0, 0.1) is 13.8 Å². The minimum Gasteiger partial charge on any atom is -0.421 e. The number of hydrogen-bond donors (Lipinski definition) is 0. The van der Waals surface area contributed by atoms with Gasteiger partial charge in [-0.15, -0.1) is 10.2 Å². The zero-order valence-electron chi connectivity index (χ0n) is 18.3. The molecule has 4 aromatic rings. The largest absolute Gasteiger partial charge is 0.421 e. The van der Waals surface area contributed by atoms with Gasteiger partial charge in [-0.05, 0) is 49.2 Å². The van der Waals surface area contributed by atoms with Crippen LogP contribution in [0.2, 0.25) is 0 Å². The zero-order valence-corrected chi connectivity index (χ0v) is 18.3. The van der Waals surface area contributed by atoms with Gasteiger partial charge in [0.25, 0.3) is 0 Å². The molecule has 0 unspecified atom stereocenters. The molecule has 5 rings (SSSR count). The van der Waals surface area contributed by atoms with E-state index in [0.717, 1.165) is 48.0 Å². The molecule has 0 saturated heterocycles. The van der Waals surface area contributed by atoms with E-state index in [2.05, 4.69) is 63.6 Å². The minimum atomic E-state index is 0.342. The van der Waals surface area contributed by atoms with Crippen LogP contribution in [0.1, 0.15) is 42.9 Å². The number of benzene rings is 1. The molecule has 0 saturated carbocycles. The molecular formula is C24H26N6O. The van der Waals surface area contributed by atoms with Gasteiger partial charge in [-0.1, -0.05) is 13.8 Å². The molecule has 7 nitrogen and oxygen atoms in total. The second-order valence-electron chi connectivity index (χ2n) is 8.29. The van der Waals surface area contributed by atoms with Crippen molar-refractivity contribution in [2.75, 3.05) is 11.4 Å². The molecule has 4 heterocycles. The Morgan fingerprint density at radius 1 is 1.00 bits per heavy atom. The molecule has 0 bridgehead atoms. The van der Waals surface area contributed by atoms with Gasteiger partial charge in [0.15, 0.2) is 0 Å². The van der Waals surface area contributed by atoms with Crippen molar-refractivity contribution in [2.45, 2.75) is 46.7 Å². The minimum absolute atomic E-state index is 0.342. The van der Waals surface area contributed by atoms with E-state index in [4.69, 9.17) is 9.40 Å². The molecule has 0 aliphatic carbocycles. The molecule has 31 heavy (non-hydrogen) atoms. The monoisotopic (exact) mass is 414 g/mol. The molecule has 0 N–H and O–H groups in total. The van der Waals surface area contributed by atoms with Crippen molar-refractivity contribution < 1.29 is 4.42 Å². The summed E-state index contributed by atoms with van der Waals surface area (Å²) in [4.78, 5) is 12.0. The first-order valence-electron chi connectivity index (χ1n) is 10.7. The van der Waals surface area contributed by atoms with E-state index in [-0.39, 0.29) is 0 Å². The molecule has 0 radical (unpaired) electrons. The van der Waals surface area contributed by atoms with E-state index in [1.165, 1.54) is 11.4 Å². The highest BCUT2D eigenvalue weighted by Crippen LogP contribution is 2.33. The van der Waals surface area contributed by atoms with Gasteiger partial charge < -0.3 is 13.9 Å². The summed E-state index contributed by atoms with van der Waals surface area (Å²) in [5.41, 5.74) is 6.64. The smallest absolute Gasteiger partial charge is 0.247 e. The van der Waals surface area contributed by atoms with Crippen molar-refractivity contribution in [2.24, 2.45) is 0 Å². The first-order valence-corrected chi connectivity index (χ1v) is 10.7. The Hall–Kier alpha value is -3.48. The highest BCUT2D eigenvalue weighted by molar-refractivity contribution is 5.67. The fourth-order valence-corrected chi connectivity index (χ4v) is 4.29. The van der Waals surface area contributed by atoms with Gasteiger partial charge in [-0.3, -0.25) is 4.98 Å². The number of imidazole rings is 1. The van der Waals surface area contributed by atoms with Crippen molar-refractivity contribution in [3.8, 4) is 22.7 Å². The Balaban J connectivity index is 1.47. The molecule has 0 spiro atoms. The van der Waals surface area contributed by atoms with E-state index in [9.17, 15) is 0 Å². The number of nitrogens with zero attached hydrogens (tertiary/aromatic N) is 6. The molecule has 1 aliphatic rings. The van der Waals surface area contributed by atoms with Crippen LogP contribution in [-0.4, -0.2) is 31.3 Å². The predicted molar refractivity (Wildman–Crippen MR) is 120 cm³/mol. The van der Waals surface area contributed by atoms with Gasteiger partial charge in [0, 0.05) is 43.0 Å². The third-order valence-electron chi connectivity index (χ3n) is 5.84. The highest BCUT2D eigenvalue weighted by Gasteiger charge is 2.25. The predicted octanol–water partition coefficient (Wildman–Crippen LogP) is 4.76. The van der Waals surface area contributed by atoms with E-state index >= 15 is 0 Å². The summed E-state index contributed by atoms with van der Waals surface area (Å²) < 4.78 is 7.89. The Kier molecular flexibility index (Phi) is 4.81. The van der Waals surface area contributed by atoms with Crippen molar-refractivity contribution in [3.05, 3.63) is 65.7 Å². The molecule has 1 aliphatic heterocycles. The third-order valence-corrected chi connectivity index (χ3v) is 5.84. The maximum atomic E-state index is 5.55. The lowest BCUT2D eigenvalue weighted by Gasteiger charge is -2.31. The number of aromatic nitrogens is 5. The van der Waals surface area contributed by atoms with Crippen LogP contribution in [0.5, 0.6) is 0 Å². The molecule has 0 amide bonds. The number of pyridine rings is 1. The van der Waals surface area contributed by atoms with Crippen molar-refractivity contribution >= 4 is 5.69 Å². The van der Waals surface area contributed by atoms with Gasteiger partial charge >= 0.3 is 0 Å². The van der Waals surface area contributed by atoms with E-state index in [1.807, 2.05) is 24.4 Å². The van der Waals surface area contributed by atoms with Crippen molar-refractivity contribution in [3.63, 3.8) is 0 Å². The molecule has 0 fully saturated rings. The molecule has 1 aromatic carbocycles. The molecular weight excluding hydrogens is 388 g/mol. The number of anilines is 1. The summed E-state index contributed by atoms with van der Waals surface area (Å²) >= 11 is 0. The second-order valence-corrected chi connectivity index (χ2v) is 8.29. The van der Waals surface area contributed by atoms with Gasteiger partial charge in [0.2, 0.25) is 11.8 Å². The lowest BCUT2D eigenvalue weighted by atomic mass is 10.00. The zero-order chi connectivity index (χ0) is 21.5. The summed E-state index contributed by atoms with van der Waals surface area (Å²) in [6, 6.07) is 12.5. The second kappa shape index (κ2) is 7.65. The Bertz CT molecular complexity index is 1220. The Morgan fingerprint density at radius 2 is 1.81 bits per heavy atom. The van der Waals surface area contributed by atoms with Crippen molar-refractivity contribution in [1.82, 2.24) is 24.7 Å². The van der Waals surface area contributed by atoms with E-state index < -0.39 is 0 Å². The van der Waals surface area contributed by atoms with Crippen LogP contribution in [0.15, 0.2) is 47.0 Å². The Morgan fingerprint density at radius 3 is 2.52 bits per heavy atom. The van der Waals surface area contributed by atoms with Crippen LogP contribution in [0.3, 0.4) is 0 Å². The number of hydrogen-bond acceptors (Lipinski definition) is 6. The number of aryl methyl sites for hydroxylation is 2. The number of rotatable bonds is 4. The van der Waals surface area contributed by atoms with Gasteiger partial charge in [-0.2, -0.15) is 0 Å². The summed E-state index contributed by atoms with van der Waals surface area (Å²) in [7, 11) is 0. The lowest BCUT2D eigenvalue weighted by molar-refractivity contribution is 0.532. The SMILES string of the molecule is Cc1nnc(-c2ccc(N3CCn4c(C)nc(-c5cccnc5C(C)C)c4C3)cc2)o1. The molecule has 158 valence electrons. The summed E-state index contributed by atoms with van der Waals surface area (Å²) in [6.07, 6.45) is 1.87. The fourth-order valence-electron chi connectivity index (χ4n) is 4.29. The average Bonchev–Trinajstić information content (AvgIpc) is 3.37. The van der Waals surface area contributed by atoms with Gasteiger partial charge in [0.1, 0.15) is 5.82 Å². The van der Waals surface area contributed by atoms with E-state index in [0.29, 0.717) is 17.7 Å².